The molecule has 2 aliphatic rings. The Bertz CT molecular complexity index is 1280. The molecule has 9 heteroatoms. The number of anilines is 1. The smallest absolute Gasteiger partial charge is 0.245 e. The number of amides is 2. The van der Waals surface area contributed by atoms with Crippen LogP contribution in [-0.2, 0) is 9.59 Å². The van der Waals surface area contributed by atoms with E-state index in [0.717, 1.165) is 22.9 Å². The highest BCUT2D eigenvalue weighted by Crippen LogP contribution is 2.44. The molecule has 4 heterocycles. The van der Waals surface area contributed by atoms with Crippen LogP contribution in [0.1, 0.15) is 52.0 Å². The van der Waals surface area contributed by atoms with E-state index in [1.807, 2.05) is 38.8 Å². The predicted molar refractivity (Wildman–Crippen MR) is 141 cm³/mol. The summed E-state index contributed by atoms with van der Waals surface area (Å²) in [6.45, 7) is 9.02. The van der Waals surface area contributed by atoms with E-state index >= 15 is 0 Å². The maximum absolute atomic E-state index is 14.0. The van der Waals surface area contributed by atoms with Crippen molar-refractivity contribution in [2.24, 2.45) is 11.8 Å². The molecule has 0 radical (unpaired) electrons. The highest BCUT2D eigenvalue weighted by atomic mass is 19.1. The number of H-pyrrole nitrogens is 1. The lowest BCUT2D eigenvalue weighted by molar-refractivity contribution is -0.139. The lowest BCUT2D eigenvalue weighted by Gasteiger charge is -2.33. The summed E-state index contributed by atoms with van der Waals surface area (Å²) >= 11 is 0. The van der Waals surface area contributed by atoms with Gasteiger partial charge in [-0.2, -0.15) is 0 Å². The molecule has 5 atom stereocenters. The largest absolute Gasteiger partial charge is 0.361 e. The third kappa shape index (κ3) is 4.55. The van der Waals surface area contributed by atoms with E-state index in [2.05, 4.69) is 25.2 Å². The van der Waals surface area contributed by atoms with Gasteiger partial charge in [0.2, 0.25) is 17.8 Å². The van der Waals surface area contributed by atoms with Gasteiger partial charge in [-0.1, -0.05) is 27.7 Å². The van der Waals surface area contributed by atoms with Crippen molar-refractivity contribution in [1.82, 2.24) is 25.2 Å². The molecule has 2 aromatic heterocycles. The van der Waals surface area contributed by atoms with E-state index in [0.29, 0.717) is 25.5 Å². The molecule has 0 saturated carbocycles. The number of aromatic amines is 1. The maximum atomic E-state index is 14.0. The standard InChI is InChI=1S/C28H35FN6O2/c1-5-17(4)26(36)33-24(16(2)3)27(37)34-12-9-23-25(34)21(15-35(23)28-30-10-6-11-31-28)20-14-32-22-13-18(29)7-8-19(20)22/h6-8,10-11,13-14,16-17,21,23-25,32H,5,9,12,15H2,1-4H3,(H,33,36)/t17-,21-,23-,24+,25-/m1/s1. The highest BCUT2D eigenvalue weighted by Gasteiger charge is 2.53. The van der Waals surface area contributed by atoms with Crippen LogP contribution in [0.3, 0.4) is 0 Å². The Balaban J connectivity index is 1.51. The van der Waals surface area contributed by atoms with Crippen molar-refractivity contribution in [2.75, 3.05) is 18.0 Å². The summed E-state index contributed by atoms with van der Waals surface area (Å²) in [6.07, 6.45) is 6.90. The first-order chi connectivity index (χ1) is 17.8. The summed E-state index contributed by atoms with van der Waals surface area (Å²) in [5, 5.41) is 3.99. The first-order valence-electron chi connectivity index (χ1n) is 13.2. The van der Waals surface area contributed by atoms with Crippen LogP contribution in [0.15, 0.2) is 42.9 Å². The van der Waals surface area contributed by atoms with Gasteiger partial charge in [-0.3, -0.25) is 9.59 Å². The van der Waals surface area contributed by atoms with Crippen molar-refractivity contribution in [3.05, 3.63) is 54.2 Å². The zero-order chi connectivity index (χ0) is 26.3. The normalized spacial score (nSPS) is 22.9. The van der Waals surface area contributed by atoms with Crippen LogP contribution < -0.4 is 10.2 Å². The van der Waals surface area contributed by atoms with Crippen molar-refractivity contribution in [3.8, 4) is 0 Å². The van der Waals surface area contributed by atoms with Gasteiger partial charge in [-0.05, 0) is 48.6 Å². The summed E-state index contributed by atoms with van der Waals surface area (Å²) in [6, 6.07) is 5.89. The number of carbonyl (C=O) groups is 2. The molecule has 2 N–H and O–H groups in total. The van der Waals surface area contributed by atoms with Crippen molar-refractivity contribution in [2.45, 2.75) is 64.6 Å². The third-order valence-corrected chi connectivity index (χ3v) is 8.08. The molecule has 2 fully saturated rings. The number of carbonyl (C=O) groups excluding carboxylic acids is 2. The van der Waals surface area contributed by atoms with Gasteiger partial charge in [0.1, 0.15) is 11.9 Å². The van der Waals surface area contributed by atoms with Gasteiger partial charge < -0.3 is 20.1 Å². The Morgan fingerprint density at radius 1 is 1.22 bits per heavy atom. The number of hydrogen-bond donors (Lipinski definition) is 2. The van der Waals surface area contributed by atoms with Gasteiger partial charge in [0, 0.05) is 54.4 Å². The van der Waals surface area contributed by atoms with Gasteiger partial charge >= 0.3 is 0 Å². The van der Waals surface area contributed by atoms with E-state index in [4.69, 9.17) is 0 Å². The average Bonchev–Trinajstić information content (AvgIpc) is 3.60. The number of halogens is 1. The van der Waals surface area contributed by atoms with Gasteiger partial charge in [0.25, 0.3) is 0 Å². The number of benzene rings is 1. The van der Waals surface area contributed by atoms with Crippen LogP contribution in [-0.4, -0.2) is 62.9 Å². The van der Waals surface area contributed by atoms with Gasteiger partial charge in [0.15, 0.2) is 0 Å². The Morgan fingerprint density at radius 3 is 2.68 bits per heavy atom. The minimum absolute atomic E-state index is 0.0300. The Labute approximate surface area is 216 Å². The van der Waals surface area contributed by atoms with E-state index in [-0.39, 0.29) is 47.5 Å². The monoisotopic (exact) mass is 506 g/mol. The average molecular weight is 507 g/mol. The molecule has 2 saturated heterocycles. The van der Waals surface area contributed by atoms with Crippen molar-refractivity contribution in [3.63, 3.8) is 0 Å². The fraction of sp³-hybridized carbons (Fsp3) is 0.500. The number of likely N-dealkylation sites (tertiary alicyclic amines) is 1. The fourth-order valence-corrected chi connectivity index (χ4v) is 5.89. The van der Waals surface area contributed by atoms with Gasteiger partial charge in [-0.15, -0.1) is 0 Å². The van der Waals surface area contributed by atoms with E-state index in [1.54, 1.807) is 24.5 Å². The second-order valence-corrected chi connectivity index (χ2v) is 10.7. The molecule has 8 nitrogen and oxygen atoms in total. The number of hydrogen-bond acceptors (Lipinski definition) is 5. The zero-order valence-electron chi connectivity index (χ0n) is 21.8. The minimum atomic E-state index is -0.597. The molecule has 0 aliphatic carbocycles. The SMILES string of the molecule is CC[C@@H](C)C(=O)N[C@H](C(=O)N1CC[C@@H]2[C@H]1[C@@H](c1c[nH]c3cc(F)ccc13)CN2c1ncccn1)C(C)C. The van der Waals surface area contributed by atoms with Crippen LogP contribution in [0.4, 0.5) is 10.3 Å². The molecule has 196 valence electrons. The lowest BCUT2D eigenvalue weighted by Crippen LogP contribution is -2.54. The number of rotatable bonds is 7. The lowest BCUT2D eigenvalue weighted by atomic mass is 9.90. The molecule has 0 spiro atoms. The molecular weight excluding hydrogens is 471 g/mol. The number of nitrogens with zero attached hydrogens (tertiary/aromatic N) is 4. The second-order valence-electron chi connectivity index (χ2n) is 10.7. The zero-order valence-corrected chi connectivity index (χ0v) is 21.8. The van der Waals surface area contributed by atoms with Crippen LogP contribution in [0.2, 0.25) is 0 Å². The van der Waals surface area contributed by atoms with E-state index in [1.165, 1.54) is 12.1 Å². The summed E-state index contributed by atoms with van der Waals surface area (Å²) < 4.78 is 13.9. The summed E-state index contributed by atoms with van der Waals surface area (Å²) in [7, 11) is 0. The van der Waals surface area contributed by atoms with Crippen LogP contribution in [0.25, 0.3) is 10.9 Å². The molecule has 2 aliphatic heterocycles. The third-order valence-electron chi connectivity index (χ3n) is 8.08. The molecule has 2 amide bonds. The maximum Gasteiger partial charge on any atom is 0.245 e. The number of aromatic nitrogens is 3. The Kier molecular flexibility index (Phi) is 6.88. The summed E-state index contributed by atoms with van der Waals surface area (Å²) in [5.41, 5.74) is 1.78. The first-order valence-corrected chi connectivity index (χ1v) is 13.2. The van der Waals surface area contributed by atoms with Crippen molar-refractivity contribution < 1.29 is 14.0 Å². The summed E-state index contributed by atoms with van der Waals surface area (Å²) in [5.74, 6) is -0.0275. The molecule has 37 heavy (non-hydrogen) atoms. The molecule has 0 unspecified atom stereocenters. The molecule has 1 aromatic carbocycles. The highest BCUT2D eigenvalue weighted by molar-refractivity contribution is 5.90. The van der Waals surface area contributed by atoms with Crippen molar-refractivity contribution >= 4 is 28.7 Å². The predicted octanol–water partition coefficient (Wildman–Crippen LogP) is 3.86. The Morgan fingerprint density at radius 2 is 1.97 bits per heavy atom. The van der Waals surface area contributed by atoms with Gasteiger partial charge in [-0.25, -0.2) is 14.4 Å². The number of nitrogens with one attached hydrogen (secondary N) is 2. The fourth-order valence-electron chi connectivity index (χ4n) is 5.89. The first kappa shape index (κ1) is 25.2. The molecule has 5 rings (SSSR count). The number of fused-ring (bicyclic) bond motifs is 2. The molecular formula is C28H35FN6O2. The van der Waals surface area contributed by atoms with E-state index in [9.17, 15) is 14.0 Å². The molecule has 3 aromatic rings. The minimum Gasteiger partial charge on any atom is -0.361 e. The second kappa shape index (κ2) is 10.1. The van der Waals surface area contributed by atoms with Crippen molar-refractivity contribution in [1.29, 1.82) is 0 Å². The van der Waals surface area contributed by atoms with Crippen LogP contribution in [0, 0.1) is 17.7 Å². The van der Waals surface area contributed by atoms with Crippen LogP contribution >= 0.6 is 0 Å². The molecule has 0 bridgehead atoms. The van der Waals surface area contributed by atoms with Gasteiger partial charge in [0.05, 0.1) is 12.1 Å². The van der Waals surface area contributed by atoms with Crippen LogP contribution in [0.5, 0.6) is 0 Å². The Hall–Kier alpha value is -3.49. The summed E-state index contributed by atoms with van der Waals surface area (Å²) in [4.78, 5) is 43.2. The van der Waals surface area contributed by atoms with E-state index < -0.39 is 6.04 Å². The quantitative estimate of drug-likeness (QED) is 0.508. The topological polar surface area (TPSA) is 94.2 Å².